The molecule has 0 spiro atoms. The van der Waals surface area contributed by atoms with Gasteiger partial charge in [0.1, 0.15) is 16.5 Å². The van der Waals surface area contributed by atoms with Crippen LogP contribution in [0, 0.1) is 0 Å². The van der Waals surface area contributed by atoms with Crippen molar-refractivity contribution < 1.29 is 4.74 Å². The molecule has 2 aromatic heterocycles. The monoisotopic (exact) mass is 304 g/mol. The molecule has 0 saturated carbocycles. The summed E-state index contributed by atoms with van der Waals surface area (Å²) < 4.78 is 5.89. The van der Waals surface area contributed by atoms with E-state index >= 15 is 0 Å². The van der Waals surface area contributed by atoms with Crippen molar-refractivity contribution in [2.24, 2.45) is 0 Å². The van der Waals surface area contributed by atoms with Crippen molar-refractivity contribution in [1.29, 1.82) is 0 Å². The van der Waals surface area contributed by atoms with E-state index in [9.17, 15) is 0 Å². The topological polar surface area (TPSA) is 50.3 Å². The SMILES string of the molecule is CCNc1nc(CN2CC3CCC(C2)O3)nc2sccc12. The third-order valence-electron chi connectivity index (χ3n) is 4.20. The van der Waals surface area contributed by atoms with Gasteiger partial charge < -0.3 is 10.1 Å². The van der Waals surface area contributed by atoms with Crippen LogP contribution in [0.15, 0.2) is 11.4 Å². The first-order chi connectivity index (χ1) is 10.3. The molecule has 0 aliphatic carbocycles. The Morgan fingerprint density at radius 2 is 2.14 bits per heavy atom. The van der Waals surface area contributed by atoms with Gasteiger partial charge in [-0.1, -0.05) is 0 Å². The number of hydrogen-bond acceptors (Lipinski definition) is 6. The normalized spacial score (nSPS) is 25.6. The average Bonchev–Trinajstić information content (AvgIpc) is 3.06. The van der Waals surface area contributed by atoms with Crippen molar-refractivity contribution in [3.63, 3.8) is 0 Å². The van der Waals surface area contributed by atoms with Crippen LogP contribution in [0.25, 0.3) is 10.2 Å². The molecule has 2 saturated heterocycles. The molecular formula is C15H20N4OS. The maximum atomic E-state index is 5.89. The zero-order valence-electron chi connectivity index (χ0n) is 12.2. The molecule has 4 rings (SSSR count). The van der Waals surface area contributed by atoms with Crippen molar-refractivity contribution in [2.45, 2.75) is 38.5 Å². The summed E-state index contributed by atoms with van der Waals surface area (Å²) in [5.41, 5.74) is 0. The number of aromatic nitrogens is 2. The lowest BCUT2D eigenvalue weighted by Crippen LogP contribution is -2.42. The van der Waals surface area contributed by atoms with E-state index in [1.54, 1.807) is 11.3 Å². The molecule has 6 heteroatoms. The van der Waals surface area contributed by atoms with Gasteiger partial charge in [0.15, 0.2) is 0 Å². The number of likely N-dealkylation sites (tertiary alicyclic amines) is 1. The number of thiophene rings is 1. The summed E-state index contributed by atoms with van der Waals surface area (Å²) in [4.78, 5) is 13.0. The smallest absolute Gasteiger partial charge is 0.146 e. The van der Waals surface area contributed by atoms with Crippen LogP contribution in [0.3, 0.4) is 0 Å². The van der Waals surface area contributed by atoms with E-state index in [0.29, 0.717) is 12.2 Å². The fourth-order valence-electron chi connectivity index (χ4n) is 3.30. The predicted octanol–water partition coefficient (Wildman–Crippen LogP) is 2.49. The Balaban J connectivity index is 1.58. The Morgan fingerprint density at radius 3 is 2.90 bits per heavy atom. The number of nitrogens with zero attached hydrogens (tertiary/aromatic N) is 3. The van der Waals surface area contributed by atoms with Gasteiger partial charge in [-0.25, -0.2) is 9.97 Å². The summed E-state index contributed by atoms with van der Waals surface area (Å²) in [6, 6.07) is 2.09. The maximum Gasteiger partial charge on any atom is 0.146 e. The van der Waals surface area contributed by atoms with Crippen LogP contribution >= 0.6 is 11.3 Å². The molecule has 1 N–H and O–H groups in total. The van der Waals surface area contributed by atoms with Gasteiger partial charge in [-0.2, -0.15) is 0 Å². The fourth-order valence-corrected chi connectivity index (χ4v) is 4.08. The van der Waals surface area contributed by atoms with E-state index in [1.165, 1.54) is 12.8 Å². The molecule has 2 aliphatic rings. The second-order valence-electron chi connectivity index (χ2n) is 5.81. The minimum atomic E-state index is 0.419. The first kappa shape index (κ1) is 13.4. The van der Waals surface area contributed by atoms with Crippen molar-refractivity contribution in [2.75, 3.05) is 25.0 Å². The molecule has 112 valence electrons. The Bertz CT molecular complexity index is 632. The highest BCUT2D eigenvalue weighted by Gasteiger charge is 2.33. The number of morpholine rings is 1. The summed E-state index contributed by atoms with van der Waals surface area (Å²) in [5, 5.41) is 6.57. The molecule has 4 heterocycles. The Hall–Kier alpha value is -1.24. The molecule has 2 aromatic rings. The molecule has 0 radical (unpaired) electrons. The molecule has 2 fully saturated rings. The number of hydrogen-bond donors (Lipinski definition) is 1. The second-order valence-corrected chi connectivity index (χ2v) is 6.70. The lowest BCUT2D eigenvalue weighted by atomic mass is 10.2. The van der Waals surface area contributed by atoms with E-state index < -0.39 is 0 Å². The Labute approximate surface area is 128 Å². The van der Waals surface area contributed by atoms with Crippen molar-refractivity contribution >= 4 is 27.4 Å². The third kappa shape index (κ3) is 2.63. The van der Waals surface area contributed by atoms with Crippen molar-refractivity contribution in [1.82, 2.24) is 14.9 Å². The molecule has 5 nitrogen and oxygen atoms in total. The van der Waals surface area contributed by atoms with Crippen LogP contribution in [0.4, 0.5) is 5.82 Å². The molecule has 0 amide bonds. The fraction of sp³-hybridized carbons (Fsp3) is 0.600. The van der Waals surface area contributed by atoms with Gasteiger partial charge >= 0.3 is 0 Å². The standard InChI is InChI=1S/C15H20N4OS/c1-2-16-14-12-5-6-21-15(12)18-13(17-14)9-19-7-10-3-4-11(8-19)20-10/h5-6,10-11H,2-4,7-9H2,1H3,(H,16,17,18). The molecule has 0 aromatic carbocycles. The highest BCUT2D eigenvalue weighted by Crippen LogP contribution is 2.28. The zero-order valence-corrected chi connectivity index (χ0v) is 13.0. The Kier molecular flexibility index (Phi) is 3.52. The summed E-state index contributed by atoms with van der Waals surface area (Å²) in [7, 11) is 0. The first-order valence-electron chi connectivity index (χ1n) is 7.67. The van der Waals surface area contributed by atoms with Gasteiger partial charge in [-0.3, -0.25) is 4.90 Å². The van der Waals surface area contributed by atoms with Gasteiger partial charge in [0.2, 0.25) is 0 Å². The summed E-state index contributed by atoms with van der Waals surface area (Å²) >= 11 is 1.68. The first-order valence-corrected chi connectivity index (χ1v) is 8.55. The van der Waals surface area contributed by atoms with E-state index in [0.717, 1.165) is 48.0 Å². The van der Waals surface area contributed by atoms with E-state index in [4.69, 9.17) is 14.7 Å². The number of fused-ring (bicyclic) bond motifs is 3. The zero-order chi connectivity index (χ0) is 14.2. The van der Waals surface area contributed by atoms with Crippen LogP contribution < -0.4 is 5.32 Å². The number of ether oxygens (including phenoxy) is 1. The van der Waals surface area contributed by atoms with Gasteiger partial charge in [0, 0.05) is 19.6 Å². The van der Waals surface area contributed by atoms with E-state index in [1.807, 2.05) is 0 Å². The van der Waals surface area contributed by atoms with Gasteiger partial charge in [-0.15, -0.1) is 11.3 Å². The van der Waals surface area contributed by atoms with Gasteiger partial charge in [0.25, 0.3) is 0 Å². The minimum absolute atomic E-state index is 0.419. The molecule has 2 atom stereocenters. The van der Waals surface area contributed by atoms with Gasteiger partial charge in [0.05, 0.1) is 24.1 Å². The largest absolute Gasteiger partial charge is 0.372 e. The molecule has 2 aliphatic heterocycles. The van der Waals surface area contributed by atoms with Crippen LogP contribution in [-0.4, -0.2) is 46.7 Å². The van der Waals surface area contributed by atoms with E-state index in [-0.39, 0.29) is 0 Å². The van der Waals surface area contributed by atoms with E-state index in [2.05, 4.69) is 28.6 Å². The number of nitrogens with one attached hydrogen (secondary N) is 1. The Morgan fingerprint density at radius 1 is 1.33 bits per heavy atom. The highest BCUT2D eigenvalue weighted by molar-refractivity contribution is 7.16. The molecule has 2 unspecified atom stereocenters. The minimum Gasteiger partial charge on any atom is -0.372 e. The molecular weight excluding hydrogens is 284 g/mol. The lowest BCUT2D eigenvalue weighted by Gasteiger charge is -2.31. The number of rotatable bonds is 4. The third-order valence-corrected chi connectivity index (χ3v) is 5.01. The second kappa shape index (κ2) is 5.51. The summed E-state index contributed by atoms with van der Waals surface area (Å²) in [6.07, 6.45) is 3.24. The van der Waals surface area contributed by atoms with Crippen molar-refractivity contribution in [3.05, 3.63) is 17.3 Å². The average molecular weight is 304 g/mol. The summed E-state index contributed by atoms with van der Waals surface area (Å²) in [5.74, 6) is 1.89. The number of anilines is 1. The summed E-state index contributed by atoms with van der Waals surface area (Å²) in [6.45, 7) is 5.82. The molecule has 2 bridgehead atoms. The van der Waals surface area contributed by atoms with Crippen LogP contribution in [0.5, 0.6) is 0 Å². The molecule has 21 heavy (non-hydrogen) atoms. The van der Waals surface area contributed by atoms with Crippen LogP contribution in [-0.2, 0) is 11.3 Å². The quantitative estimate of drug-likeness (QED) is 0.940. The van der Waals surface area contributed by atoms with Crippen molar-refractivity contribution in [3.8, 4) is 0 Å². The van der Waals surface area contributed by atoms with Crippen LogP contribution in [0.1, 0.15) is 25.6 Å². The van der Waals surface area contributed by atoms with Gasteiger partial charge in [-0.05, 0) is 31.2 Å². The highest BCUT2D eigenvalue weighted by atomic mass is 32.1. The predicted molar refractivity (Wildman–Crippen MR) is 84.8 cm³/mol. The van der Waals surface area contributed by atoms with Crippen LogP contribution in [0.2, 0.25) is 0 Å². The lowest BCUT2D eigenvalue weighted by molar-refractivity contribution is -0.0417. The maximum absolute atomic E-state index is 5.89.